The van der Waals surface area contributed by atoms with Crippen LogP contribution in [0.5, 0.6) is 0 Å². The van der Waals surface area contributed by atoms with E-state index in [1.165, 1.54) is 5.56 Å². The number of aromatic nitrogens is 5. The van der Waals surface area contributed by atoms with Crippen molar-refractivity contribution in [2.24, 2.45) is 0 Å². The first-order chi connectivity index (χ1) is 15.6. The second-order valence-electron chi connectivity index (χ2n) is 8.26. The van der Waals surface area contributed by atoms with Crippen molar-refractivity contribution in [3.05, 3.63) is 66.2 Å². The van der Waals surface area contributed by atoms with Gasteiger partial charge in [-0.3, -0.25) is 4.98 Å². The Kier molecular flexibility index (Phi) is 6.75. The molecule has 7 heteroatoms. The van der Waals surface area contributed by atoms with Gasteiger partial charge < -0.3 is 15.0 Å². The highest BCUT2D eigenvalue weighted by atomic mass is 16.3. The van der Waals surface area contributed by atoms with Gasteiger partial charge in [-0.15, -0.1) is 0 Å². The van der Waals surface area contributed by atoms with Gasteiger partial charge in [-0.1, -0.05) is 37.3 Å². The Hall–Kier alpha value is -3.32. The van der Waals surface area contributed by atoms with Gasteiger partial charge in [0.1, 0.15) is 5.52 Å². The number of anilines is 1. The number of imidazole rings is 1. The lowest BCUT2D eigenvalue weighted by molar-refractivity contribution is 0.271. The number of fused-ring (bicyclic) bond motifs is 1. The van der Waals surface area contributed by atoms with Crippen LogP contribution in [-0.2, 0) is 12.8 Å². The maximum atomic E-state index is 9.59. The van der Waals surface area contributed by atoms with Crippen molar-refractivity contribution in [1.82, 2.24) is 24.5 Å². The summed E-state index contributed by atoms with van der Waals surface area (Å²) in [7, 11) is 0. The van der Waals surface area contributed by atoms with Crippen molar-refractivity contribution in [3.8, 4) is 11.3 Å². The van der Waals surface area contributed by atoms with E-state index in [0.717, 1.165) is 47.4 Å². The zero-order valence-corrected chi connectivity index (χ0v) is 18.9. The Bertz CT molecular complexity index is 1150. The van der Waals surface area contributed by atoms with E-state index in [4.69, 9.17) is 9.97 Å². The van der Waals surface area contributed by atoms with Crippen molar-refractivity contribution in [2.75, 3.05) is 11.9 Å². The van der Waals surface area contributed by atoms with Crippen LogP contribution in [0, 0.1) is 0 Å². The van der Waals surface area contributed by atoms with Gasteiger partial charge in [0.2, 0.25) is 5.95 Å². The van der Waals surface area contributed by atoms with Crippen LogP contribution in [0.1, 0.15) is 44.5 Å². The number of benzene rings is 1. The number of aliphatic hydroxyl groups is 1. The van der Waals surface area contributed by atoms with Crippen molar-refractivity contribution >= 4 is 17.1 Å². The molecule has 0 saturated carbocycles. The van der Waals surface area contributed by atoms with Crippen molar-refractivity contribution < 1.29 is 5.11 Å². The van der Waals surface area contributed by atoms with Crippen molar-refractivity contribution in [2.45, 2.75) is 52.1 Å². The first-order valence-corrected chi connectivity index (χ1v) is 11.2. The van der Waals surface area contributed by atoms with E-state index in [1.54, 1.807) is 0 Å². The smallest absolute Gasteiger partial charge is 0.225 e. The Morgan fingerprint density at radius 3 is 2.47 bits per heavy atom. The summed E-state index contributed by atoms with van der Waals surface area (Å²) in [5.74, 6) is 0.543. The molecule has 3 heterocycles. The third kappa shape index (κ3) is 4.78. The lowest BCUT2D eigenvalue weighted by Crippen LogP contribution is -2.24. The molecule has 0 aliphatic carbocycles. The monoisotopic (exact) mass is 430 g/mol. The molecule has 1 aromatic carbocycles. The first kappa shape index (κ1) is 21.9. The number of pyridine rings is 1. The molecule has 0 amide bonds. The molecule has 166 valence electrons. The number of hydrogen-bond acceptors (Lipinski definition) is 6. The summed E-state index contributed by atoms with van der Waals surface area (Å²) in [6, 6.07) is 14.6. The minimum Gasteiger partial charge on any atom is -0.394 e. The fraction of sp³-hybridized carbons (Fsp3) is 0.360. The molecule has 0 aliphatic heterocycles. The van der Waals surface area contributed by atoms with Crippen LogP contribution in [0.15, 0.2) is 55.0 Å². The molecule has 4 aromatic rings. The highest BCUT2D eigenvalue weighted by molar-refractivity contribution is 5.75. The molecule has 7 nitrogen and oxygen atoms in total. The predicted octanol–water partition coefficient (Wildman–Crippen LogP) is 4.44. The van der Waals surface area contributed by atoms with Crippen LogP contribution in [0.3, 0.4) is 0 Å². The van der Waals surface area contributed by atoms with Gasteiger partial charge >= 0.3 is 0 Å². The van der Waals surface area contributed by atoms with E-state index in [1.807, 2.05) is 37.6 Å². The van der Waals surface area contributed by atoms with Crippen LogP contribution in [0.25, 0.3) is 22.4 Å². The molecule has 0 radical (unpaired) electrons. The molecule has 3 aromatic heterocycles. The molecule has 0 fully saturated rings. The molecule has 1 unspecified atom stereocenters. The minimum atomic E-state index is -0.0742. The third-order valence-electron chi connectivity index (χ3n) is 5.66. The van der Waals surface area contributed by atoms with Gasteiger partial charge in [-0.2, -0.15) is 4.98 Å². The lowest BCUT2D eigenvalue weighted by atomic mass is 10.0. The van der Waals surface area contributed by atoms with Gasteiger partial charge in [0.05, 0.1) is 30.4 Å². The van der Waals surface area contributed by atoms with E-state index in [9.17, 15) is 5.11 Å². The summed E-state index contributed by atoms with van der Waals surface area (Å²) in [6.45, 7) is 6.29. The second-order valence-corrected chi connectivity index (χ2v) is 8.26. The van der Waals surface area contributed by atoms with Gasteiger partial charge in [0.15, 0.2) is 5.65 Å². The number of nitrogens with zero attached hydrogens (tertiary/aromatic N) is 5. The molecule has 1 atom stereocenters. The zero-order valence-electron chi connectivity index (χ0n) is 18.9. The van der Waals surface area contributed by atoms with Crippen molar-refractivity contribution in [3.63, 3.8) is 0 Å². The first-order valence-electron chi connectivity index (χ1n) is 11.2. The van der Waals surface area contributed by atoms with Gasteiger partial charge in [0.25, 0.3) is 0 Å². The third-order valence-corrected chi connectivity index (χ3v) is 5.66. The Labute approximate surface area is 188 Å². The number of rotatable bonds is 9. The molecule has 0 spiro atoms. The molecule has 2 N–H and O–H groups in total. The lowest BCUT2D eigenvalue weighted by Gasteiger charge is -2.15. The van der Waals surface area contributed by atoms with Gasteiger partial charge in [0, 0.05) is 17.8 Å². The molecule has 4 rings (SSSR count). The SMILES string of the molecule is CCC(CO)Nc1nc(CCc2ccc(-c3ccccn3)cc2)c2ncn(C(C)C)c2n1. The standard InChI is InChI=1S/C25H30N6O/c1-4-20(15-32)28-25-29-22(23-24(30-25)31(16-27-23)17(2)3)13-10-18-8-11-19(12-9-18)21-7-5-6-14-26-21/h5-9,11-12,14,16-17,20,32H,4,10,13,15H2,1-3H3,(H,28,29,30). The number of hydrogen-bond donors (Lipinski definition) is 2. The number of aryl methyl sites for hydroxylation is 2. The molecule has 0 saturated heterocycles. The summed E-state index contributed by atoms with van der Waals surface area (Å²) in [4.78, 5) is 18.5. The van der Waals surface area contributed by atoms with Crippen LogP contribution >= 0.6 is 0 Å². The normalized spacial score (nSPS) is 12.4. The van der Waals surface area contributed by atoms with Crippen LogP contribution in [-0.4, -0.2) is 42.3 Å². The van der Waals surface area contributed by atoms with E-state index < -0.39 is 0 Å². The maximum absolute atomic E-state index is 9.59. The molecular formula is C25H30N6O. The predicted molar refractivity (Wildman–Crippen MR) is 128 cm³/mol. The summed E-state index contributed by atoms with van der Waals surface area (Å²) < 4.78 is 2.06. The number of nitrogens with one attached hydrogen (secondary N) is 1. The largest absolute Gasteiger partial charge is 0.394 e. The molecule has 0 bridgehead atoms. The second kappa shape index (κ2) is 9.87. The van der Waals surface area contributed by atoms with E-state index >= 15 is 0 Å². The van der Waals surface area contributed by atoms with Crippen LogP contribution in [0.4, 0.5) is 5.95 Å². The molecular weight excluding hydrogens is 400 g/mol. The van der Waals surface area contributed by atoms with E-state index in [-0.39, 0.29) is 18.7 Å². The molecule has 0 aliphatic rings. The average molecular weight is 431 g/mol. The average Bonchev–Trinajstić information content (AvgIpc) is 3.26. The van der Waals surface area contributed by atoms with Gasteiger partial charge in [-0.25, -0.2) is 9.97 Å². The van der Waals surface area contributed by atoms with Crippen LogP contribution in [0.2, 0.25) is 0 Å². The van der Waals surface area contributed by atoms with Crippen LogP contribution < -0.4 is 5.32 Å². The Morgan fingerprint density at radius 2 is 1.81 bits per heavy atom. The summed E-state index contributed by atoms with van der Waals surface area (Å²) >= 11 is 0. The fourth-order valence-corrected chi connectivity index (χ4v) is 3.69. The highest BCUT2D eigenvalue weighted by Gasteiger charge is 2.16. The minimum absolute atomic E-state index is 0.0410. The Morgan fingerprint density at radius 1 is 1.00 bits per heavy atom. The zero-order chi connectivity index (χ0) is 22.5. The quantitative estimate of drug-likeness (QED) is 0.408. The van der Waals surface area contributed by atoms with Crippen molar-refractivity contribution in [1.29, 1.82) is 0 Å². The van der Waals surface area contributed by atoms with E-state index in [0.29, 0.717) is 5.95 Å². The maximum Gasteiger partial charge on any atom is 0.225 e. The Balaban J connectivity index is 1.58. The van der Waals surface area contributed by atoms with E-state index in [2.05, 4.69) is 58.0 Å². The number of aliphatic hydroxyl groups excluding tert-OH is 1. The summed E-state index contributed by atoms with van der Waals surface area (Å²) in [6.07, 6.45) is 6.04. The van der Waals surface area contributed by atoms with Gasteiger partial charge in [-0.05, 0) is 50.8 Å². The topological polar surface area (TPSA) is 88.8 Å². The fourth-order valence-electron chi connectivity index (χ4n) is 3.69. The molecule has 32 heavy (non-hydrogen) atoms. The summed E-state index contributed by atoms with van der Waals surface area (Å²) in [5.41, 5.74) is 5.89. The highest BCUT2D eigenvalue weighted by Crippen LogP contribution is 2.23. The summed E-state index contributed by atoms with van der Waals surface area (Å²) in [5, 5.41) is 12.9.